The summed E-state index contributed by atoms with van der Waals surface area (Å²) in [6.45, 7) is 2.03. The van der Waals surface area contributed by atoms with Crippen molar-refractivity contribution < 1.29 is 13.5 Å². The highest BCUT2D eigenvalue weighted by Gasteiger charge is 2.18. The van der Waals surface area contributed by atoms with E-state index in [0.717, 1.165) is 6.07 Å². The molecule has 8 heteroatoms. The van der Waals surface area contributed by atoms with E-state index in [1.165, 1.54) is 6.07 Å². The van der Waals surface area contributed by atoms with Crippen molar-refractivity contribution >= 4 is 44.8 Å². The molecule has 0 heterocycles. The van der Waals surface area contributed by atoms with Gasteiger partial charge in [0.2, 0.25) is 0 Å². The lowest BCUT2D eigenvalue weighted by Gasteiger charge is -2.11. The maximum Gasteiger partial charge on any atom is 0.293 e. The first kappa shape index (κ1) is 15.3. The van der Waals surface area contributed by atoms with Crippen LogP contribution >= 0.6 is 22.6 Å². The van der Waals surface area contributed by atoms with E-state index in [-0.39, 0.29) is 26.7 Å². The number of nitro benzene ring substituents is 1. The molecule has 2 atom stereocenters. The van der Waals surface area contributed by atoms with Gasteiger partial charge in [-0.05, 0) is 29.5 Å². The molecule has 2 unspecified atom stereocenters. The molecule has 1 aromatic carbocycles. The standard InChI is InChI=1S/C10H12FIN2O3S/c1-6(18(2)17)5-13-9-3-7(11)8(12)4-10(9)14(15)16/h3-4,6,13H,5H2,1-2H3. The molecule has 0 aliphatic heterocycles. The normalized spacial score (nSPS) is 14.0. The summed E-state index contributed by atoms with van der Waals surface area (Å²) in [7, 11) is -1.04. The number of rotatable bonds is 5. The first-order valence-electron chi connectivity index (χ1n) is 5.02. The van der Waals surface area contributed by atoms with Gasteiger partial charge in [0.1, 0.15) is 11.5 Å². The van der Waals surface area contributed by atoms with Gasteiger partial charge < -0.3 is 5.32 Å². The summed E-state index contributed by atoms with van der Waals surface area (Å²) >= 11 is 1.70. The van der Waals surface area contributed by atoms with Crippen LogP contribution in [0, 0.1) is 19.5 Å². The van der Waals surface area contributed by atoms with Crippen molar-refractivity contribution in [3.63, 3.8) is 0 Å². The molecule has 0 aliphatic carbocycles. The highest BCUT2D eigenvalue weighted by Crippen LogP contribution is 2.28. The van der Waals surface area contributed by atoms with Gasteiger partial charge in [0.25, 0.3) is 5.69 Å². The van der Waals surface area contributed by atoms with Crippen molar-refractivity contribution in [3.05, 3.63) is 31.6 Å². The van der Waals surface area contributed by atoms with E-state index in [4.69, 9.17) is 0 Å². The van der Waals surface area contributed by atoms with E-state index in [2.05, 4.69) is 5.32 Å². The molecular formula is C10H12FIN2O3S. The van der Waals surface area contributed by atoms with Gasteiger partial charge in [-0.3, -0.25) is 14.3 Å². The van der Waals surface area contributed by atoms with Gasteiger partial charge in [0, 0.05) is 41.0 Å². The van der Waals surface area contributed by atoms with Crippen LogP contribution in [0.15, 0.2) is 12.1 Å². The molecule has 1 N–H and O–H groups in total. The number of benzene rings is 1. The fraction of sp³-hybridized carbons (Fsp3) is 0.400. The molecule has 0 bridgehead atoms. The summed E-state index contributed by atoms with van der Waals surface area (Å²) in [5.74, 6) is -0.519. The molecule has 0 saturated heterocycles. The Hall–Kier alpha value is -0.770. The summed E-state index contributed by atoms with van der Waals surface area (Å²) in [5.41, 5.74) is -0.0786. The predicted octanol–water partition coefficient (Wildman–Crippen LogP) is 2.52. The van der Waals surface area contributed by atoms with Crippen molar-refractivity contribution in [3.8, 4) is 0 Å². The Balaban J connectivity index is 2.97. The van der Waals surface area contributed by atoms with E-state index in [0.29, 0.717) is 0 Å². The summed E-state index contributed by atoms with van der Waals surface area (Å²) in [6, 6.07) is 2.26. The Morgan fingerprint density at radius 1 is 1.61 bits per heavy atom. The number of nitro groups is 1. The van der Waals surface area contributed by atoms with Gasteiger partial charge in [-0.25, -0.2) is 4.39 Å². The number of halogens is 2. The van der Waals surface area contributed by atoms with Crippen molar-refractivity contribution in [2.45, 2.75) is 12.2 Å². The zero-order valence-electron chi connectivity index (χ0n) is 9.78. The smallest absolute Gasteiger partial charge is 0.293 e. The van der Waals surface area contributed by atoms with Crippen LogP contribution in [-0.2, 0) is 10.8 Å². The molecule has 0 saturated carbocycles. The lowest BCUT2D eigenvalue weighted by Crippen LogP contribution is -2.21. The van der Waals surface area contributed by atoms with E-state index < -0.39 is 21.5 Å². The third-order valence-electron chi connectivity index (χ3n) is 2.38. The molecule has 1 rings (SSSR count). The van der Waals surface area contributed by atoms with Crippen LogP contribution < -0.4 is 5.32 Å². The topological polar surface area (TPSA) is 72.2 Å². The molecule has 0 fully saturated rings. The minimum atomic E-state index is -1.04. The van der Waals surface area contributed by atoms with Crippen molar-refractivity contribution in [2.75, 3.05) is 18.1 Å². The van der Waals surface area contributed by atoms with Crippen LogP contribution in [0.1, 0.15) is 6.92 Å². The summed E-state index contributed by atoms with van der Waals surface area (Å²) in [6.07, 6.45) is 1.55. The molecule has 0 aliphatic rings. The maximum atomic E-state index is 13.4. The third-order valence-corrected chi connectivity index (χ3v) is 4.51. The SMILES string of the molecule is CC(CNc1cc(F)c(I)cc1[N+](=O)[O-])S(C)=O. The van der Waals surface area contributed by atoms with Crippen LogP contribution in [0.5, 0.6) is 0 Å². The average molecular weight is 386 g/mol. The lowest BCUT2D eigenvalue weighted by atomic mass is 10.2. The largest absolute Gasteiger partial charge is 0.378 e. The van der Waals surface area contributed by atoms with E-state index in [1.807, 2.05) is 0 Å². The van der Waals surface area contributed by atoms with Gasteiger partial charge in [-0.2, -0.15) is 0 Å². The zero-order valence-corrected chi connectivity index (χ0v) is 12.7. The van der Waals surface area contributed by atoms with Crippen LogP contribution in [0.2, 0.25) is 0 Å². The molecule has 0 spiro atoms. The Morgan fingerprint density at radius 2 is 2.22 bits per heavy atom. The maximum absolute atomic E-state index is 13.4. The Kier molecular flexibility index (Phi) is 5.45. The predicted molar refractivity (Wildman–Crippen MR) is 77.8 cm³/mol. The molecule has 18 heavy (non-hydrogen) atoms. The fourth-order valence-corrected chi connectivity index (χ4v) is 1.97. The van der Waals surface area contributed by atoms with Crippen LogP contribution in [0.3, 0.4) is 0 Å². The third kappa shape index (κ3) is 3.87. The van der Waals surface area contributed by atoms with Gasteiger partial charge >= 0.3 is 0 Å². The van der Waals surface area contributed by atoms with Gasteiger partial charge in [-0.1, -0.05) is 0 Å². The minimum absolute atomic E-state index is 0.107. The molecular weight excluding hydrogens is 374 g/mol. The van der Waals surface area contributed by atoms with Crippen LogP contribution in [-0.4, -0.2) is 27.2 Å². The molecule has 0 aromatic heterocycles. The number of anilines is 1. The molecule has 0 amide bonds. The summed E-state index contributed by atoms with van der Waals surface area (Å²) in [5, 5.41) is 13.4. The number of hydrogen-bond acceptors (Lipinski definition) is 4. The quantitative estimate of drug-likeness (QED) is 0.480. The van der Waals surface area contributed by atoms with Gasteiger partial charge in [-0.15, -0.1) is 0 Å². The second kappa shape index (κ2) is 6.41. The number of hydrogen-bond donors (Lipinski definition) is 1. The van der Waals surface area contributed by atoms with Crippen molar-refractivity contribution in [1.82, 2.24) is 0 Å². The van der Waals surface area contributed by atoms with Crippen LogP contribution in [0.4, 0.5) is 15.8 Å². The Morgan fingerprint density at radius 3 is 2.72 bits per heavy atom. The monoisotopic (exact) mass is 386 g/mol. The highest BCUT2D eigenvalue weighted by molar-refractivity contribution is 14.1. The van der Waals surface area contributed by atoms with Crippen molar-refractivity contribution in [1.29, 1.82) is 0 Å². The molecule has 0 radical (unpaired) electrons. The molecule has 1 aromatic rings. The zero-order chi connectivity index (χ0) is 13.9. The number of nitrogens with one attached hydrogen (secondary N) is 1. The molecule has 100 valence electrons. The van der Waals surface area contributed by atoms with E-state index >= 15 is 0 Å². The second-order valence-corrected chi connectivity index (χ2v) is 6.69. The van der Waals surface area contributed by atoms with E-state index in [1.54, 1.807) is 35.8 Å². The Labute approximate surface area is 120 Å². The number of nitrogens with zero attached hydrogens (tertiary/aromatic N) is 1. The van der Waals surface area contributed by atoms with Gasteiger partial charge in [0.05, 0.1) is 8.49 Å². The minimum Gasteiger partial charge on any atom is -0.378 e. The van der Waals surface area contributed by atoms with E-state index in [9.17, 15) is 18.7 Å². The summed E-state index contributed by atoms with van der Waals surface area (Å²) in [4.78, 5) is 10.3. The van der Waals surface area contributed by atoms with Crippen molar-refractivity contribution in [2.24, 2.45) is 0 Å². The molecule has 5 nitrogen and oxygen atoms in total. The lowest BCUT2D eigenvalue weighted by molar-refractivity contribution is -0.384. The van der Waals surface area contributed by atoms with Gasteiger partial charge in [0.15, 0.2) is 0 Å². The van der Waals surface area contributed by atoms with Crippen LogP contribution in [0.25, 0.3) is 0 Å². The fourth-order valence-electron chi connectivity index (χ4n) is 1.20. The first-order chi connectivity index (χ1) is 8.32. The first-order valence-corrected chi connectivity index (χ1v) is 7.72. The summed E-state index contributed by atoms with van der Waals surface area (Å²) < 4.78 is 24.7. The Bertz CT molecular complexity index is 498. The second-order valence-electron chi connectivity index (χ2n) is 3.73. The average Bonchev–Trinajstić information content (AvgIpc) is 2.29. The highest BCUT2D eigenvalue weighted by atomic mass is 127.